The molecule has 0 saturated heterocycles. The number of hydrogen-bond acceptors (Lipinski definition) is 3. The Morgan fingerprint density at radius 2 is 2.70 bits per heavy atom. The molecule has 0 aromatic rings. The molecule has 1 aliphatic heterocycles. The first-order chi connectivity index (χ1) is 4.70. The van der Waals surface area contributed by atoms with Crippen LogP contribution in [0.5, 0.6) is 0 Å². The van der Waals surface area contributed by atoms with Crippen LogP contribution in [-0.2, 0) is 20.9 Å². The maximum atomic E-state index is 5.13. The van der Waals surface area contributed by atoms with Crippen LogP contribution in [0.15, 0.2) is 11.8 Å². The quantitative estimate of drug-likeness (QED) is 0.443. The van der Waals surface area contributed by atoms with Gasteiger partial charge < -0.3 is 9.05 Å². The summed E-state index contributed by atoms with van der Waals surface area (Å²) in [6.45, 7) is -2.03. The molecule has 0 amide bonds. The smallest absolute Gasteiger partial charge is 0.242 e. The summed E-state index contributed by atoms with van der Waals surface area (Å²) < 4.78 is 10.1. The van der Waals surface area contributed by atoms with Gasteiger partial charge in [0.1, 0.15) is 6.26 Å². The molecule has 0 N–H and O–H groups in total. The van der Waals surface area contributed by atoms with Crippen LogP contribution in [0.3, 0.4) is 0 Å². The van der Waals surface area contributed by atoms with Crippen LogP contribution < -0.4 is 0 Å². The summed E-state index contributed by atoms with van der Waals surface area (Å²) in [5.74, 6) is 2.47. The fourth-order valence-corrected chi connectivity index (χ4v) is 2.32. The van der Waals surface area contributed by atoms with E-state index in [0.717, 1.165) is 5.57 Å². The van der Waals surface area contributed by atoms with Gasteiger partial charge in [-0.15, -0.1) is 6.42 Å². The van der Waals surface area contributed by atoms with Crippen molar-refractivity contribution in [1.29, 1.82) is 0 Å². The molecule has 1 atom stereocenters. The number of rotatable bonds is 1. The molecule has 2 nitrogen and oxygen atoms in total. The Bertz CT molecular complexity index is 251. The minimum atomic E-state index is -2.03. The third kappa shape index (κ3) is 1.41. The minimum absolute atomic E-state index is 0.593. The van der Waals surface area contributed by atoms with Gasteiger partial charge in [-0.05, 0) is 11.8 Å². The molecule has 0 spiro atoms. The average molecular weight is 174 g/mol. The Morgan fingerprint density at radius 3 is 3.00 bits per heavy atom. The van der Waals surface area contributed by atoms with Gasteiger partial charge in [0.15, 0.2) is 0 Å². The molecular weight excluding hydrogens is 167 g/mol. The van der Waals surface area contributed by atoms with E-state index in [-0.39, 0.29) is 0 Å². The fourth-order valence-electron chi connectivity index (χ4n) is 0.614. The molecule has 0 saturated carbocycles. The van der Waals surface area contributed by atoms with Gasteiger partial charge in [-0.1, -0.05) is 5.92 Å². The van der Waals surface area contributed by atoms with Gasteiger partial charge in [-0.3, -0.25) is 0 Å². The Morgan fingerprint density at radius 1 is 2.00 bits per heavy atom. The summed E-state index contributed by atoms with van der Waals surface area (Å²) in [5, 5.41) is 0. The standard InChI is InChI=1S/C6H7O2PS/c1-3-6-4-8-9(10,5-6)7-2/h1,4H,5H2,2H3. The minimum Gasteiger partial charge on any atom is -0.450 e. The first kappa shape index (κ1) is 7.81. The van der Waals surface area contributed by atoms with E-state index < -0.39 is 6.49 Å². The summed E-state index contributed by atoms with van der Waals surface area (Å²) in [4.78, 5) is 0. The highest BCUT2D eigenvalue weighted by Gasteiger charge is 2.24. The van der Waals surface area contributed by atoms with Gasteiger partial charge in [-0.2, -0.15) is 0 Å². The molecule has 0 fully saturated rings. The van der Waals surface area contributed by atoms with Crippen LogP contribution in [0.2, 0.25) is 0 Å². The van der Waals surface area contributed by atoms with Gasteiger partial charge in [0, 0.05) is 12.7 Å². The number of hydrogen-bond donors (Lipinski definition) is 0. The lowest BCUT2D eigenvalue weighted by molar-refractivity contribution is 0.377. The van der Waals surface area contributed by atoms with Crippen LogP contribution >= 0.6 is 6.49 Å². The third-order valence-corrected chi connectivity index (χ3v) is 3.99. The Hall–Kier alpha value is -0.290. The Labute approximate surface area is 65.4 Å². The third-order valence-electron chi connectivity index (χ3n) is 1.18. The first-order valence-corrected chi connectivity index (χ1v) is 5.51. The highest BCUT2D eigenvalue weighted by atomic mass is 32.5. The van der Waals surface area contributed by atoms with Crippen molar-refractivity contribution in [3.05, 3.63) is 11.8 Å². The van der Waals surface area contributed by atoms with E-state index in [4.69, 9.17) is 27.3 Å². The van der Waals surface area contributed by atoms with Crippen molar-refractivity contribution in [3.8, 4) is 12.3 Å². The van der Waals surface area contributed by atoms with E-state index in [2.05, 4.69) is 5.92 Å². The van der Waals surface area contributed by atoms with E-state index in [1.54, 1.807) is 7.11 Å². The van der Waals surface area contributed by atoms with Crippen molar-refractivity contribution in [2.24, 2.45) is 0 Å². The molecule has 0 aromatic heterocycles. The lowest BCUT2D eigenvalue weighted by Crippen LogP contribution is -1.86. The second kappa shape index (κ2) is 2.75. The predicted molar refractivity (Wildman–Crippen MR) is 44.2 cm³/mol. The van der Waals surface area contributed by atoms with E-state index in [1.807, 2.05) is 0 Å². The molecule has 4 heteroatoms. The summed E-state index contributed by atoms with van der Waals surface area (Å²) in [6.07, 6.45) is 7.24. The second-order valence-corrected chi connectivity index (χ2v) is 5.63. The van der Waals surface area contributed by atoms with Crippen molar-refractivity contribution in [2.75, 3.05) is 13.3 Å². The van der Waals surface area contributed by atoms with Crippen molar-refractivity contribution in [3.63, 3.8) is 0 Å². The van der Waals surface area contributed by atoms with Crippen molar-refractivity contribution >= 4 is 18.3 Å². The highest BCUT2D eigenvalue weighted by molar-refractivity contribution is 8.10. The van der Waals surface area contributed by atoms with Gasteiger partial charge in [0.25, 0.3) is 0 Å². The van der Waals surface area contributed by atoms with E-state index in [0.29, 0.717) is 6.16 Å². The summed E-state index contributed by atoms with van der Waals surface area (Å²) in [5.41, 5.74) is 0.796. The van der Waals surface area contributed by atoms with Crippen LogP contribution in [0.1, 0.15) is 0 Å². The maximum Gasteiger partial charge on any atom is 0.242 e. The lowest BCUT2D eigenvalue weighted by Gasteiger charge is -2.10. The molecule has 1 rings (SSSR count). The van der Waals surface area contributed by atoms with E-state index in [9.17, 15) is 0 Å². The molecule has 1 unspecified atom stereocenters. The zero-order valence-corrected chi connectivity index (χ0v) is 7.24. The van der Waals surface area contributed by atoms with Gasteiger partial charge >= 0.3 is 0 Å². The second-order valence-electron chi connectivity index (χ2n) is 1.84. The molecule has 0 aromatic carbocycles. The van der Waals surface area contributed by atoms with E-state index >= 15 is 0 Å². The van der Waals surface area contributed by atoms with Crippen LogP contribution in [-0.4, -0.2) is 13.3 Å². The SMILES string of the molecule is C#CC1=COP(=S)(OC)C1. The zero-order chi connectivity index (χ0) is 7.61. The van der Waals surface area contributed by atoms with Crippen molar-refractivity contribution < 1.29 is 9.05 Å². The summed E-state index contributed by atoms with van der Waals surface area (Å²) >= 11 is 5.03. The lowest BCUT2D eigenvalue weighted by atomic mass is 10.4. The van der Waals surface area contributed by atoms with E-state index in [1.165, 1.54) is 6.26 Å². The number of terminal acetylenes is 1. The first-order valence-electron chi connectivity index (χ1n) is 2.69. The fraction of sp³-hybridized carbons (Fsp3) is 0.333. The van der Waals surface area contributed by atoms with Crippen LogP contribution in [0, 0.1) is 12.3 Å². The summed E-state index contributed by atoms with van der Waals surface area (Å²) in [6, 6.07) is 0. The maximum absolute atomic E-state index is 5.13. The van der Waals surface area contributed by atoms with Gasteiger partial charge in [-0.25, -0.2) is 0 Å². The molecule has 0 bridgehead atoms. The highest BCUT2D eigenvalue weighted by Crippen LogP contribution is 2.53. The molecular formula is C6H7O2PS. The van der Waals surface area contributed by atoms with Crippen LogP contribution in [0.25, 0.3) is 0 Å². The number of allylic oxidation sites excluding steroid dienone is 1. The molecule has 10 heavy (non-hydrogen) atoms. The largest absolute Gasteiger partial charge is 0.450 e. The normalized spacial score (nSPS) is 30.6. The monoisotopic (exact) mass is 174 g/mol. The Kier molecular flexibility index (Phi) is 2.15. The molecule has 54 valence electrons. The predicted octanol–water partition coefficient (Wildman–Crippen LogP) is 1.49. The average Bonchev–Trinajstić information content (AvgIpc) is 2.33. The topological polar surface area (TPSA) is 18.5 Å². The van der Waals surface area contributed by atoms with Crippen molar-refractivity contribution in [2.45, 2.75) is 0 Å². The van der Waals surface area contributed by atoms with Gasteiger partial charge in [0.2, 0.25) is 6.49 Å². The molecule has 0 radical (unpaired) electrons. The van der Waals surface area contributed by atoms with Crippen molar-refractivity contribution in [1.82, 2.24) is 0 Å². The summed E-state index contributed by atoms with van der Waals surface area (Å²) in [7, 11) is 1.55. The molecule has 1 aliphatic rings. The van der Waals surface area contributed by atoms with Crippen LogP contribution in [0.4, 0.5) is 0 Å². The van der Waals surface area contributed by atoms with Gasteiger partial charge in [0.05, 0.1) is 6.16 Å². The Balaban J connectivity index is 2.70. The molecule has 0 aliphatic carbocycles. The molecule has 1 heterocycles. The zero-order valence-electron chi connectivity index (χ0n) is 5.53.